The highest BCUT2D eigenvalue weighted by Gasteiger charge is 2.13. The first kappa shape index (κ1) is 20.0. The van der Waals surface area contributed by atoms with Crippen LogP contribution in [-0.4, -0.2) is 31.9 Å². The van der Waals surface area contributed by atoms with Crippen molar-refractivity contribution in [3.63, 3.8) is 0 Å². The molecule has 0 saturated carbocycles. The number of H-pyrrole nitrogens is 1. The molecule has 9 heteroatoms. The van der Waals surface area contributed by atoms with Crippen LogP contribution in [0, 0.1) is 0 Å². The number of nitrogens with zero attached hydrogens (tertiary/aromatic N) is 2. The normalized spacial score (nSPS) is 11.0. The van der Waals surface area contributed by atoms with E-state index < -0.39 is 23.0 Å². The zero-order chi connectivity index (χ0) is 19.8. The van der Waals surface area contributed by atoms with Gasteiger partial charge in [0.05, 0.1) is 11.8 Å². The molecule has 9 nitrogen and oxygen atoms in total. The number of carbonyl (C=O) groups excluding carboxylic acids is 1. The molecule has 0 saturated heterocycles. The van der Waals surface area contributed by atoms with Crippen LogP contribution >= 0.6 is 0 Å². The third kappa shape index (κ3) is 5.06. The maximum atomic E-state index is 12.0. The van der Waals surface area contributed by atoms with Gasteiger partial charge < -0.3 is 10.2 Å². The molecule has 27 heavy (non-hydrogen) atoms. The molecule has 2 rings (SSSR count). The van der Waals surface area contributed by atoms with E-state index >= 15 is 0 Å². The number of unbranched alkanes of at least 4 members (excludes halogenated alkanes) is 3. The van der Waals surface area contributed by atoms with Crippen LogP contribution < -0.4 is 16.7 Å². The molecular formula is C18H22N4O5. The number of hydrogen-bond donors (Lipinski definition) is 4. The van der Waals surface area contributed by atoms with E-state index in [4.69, 9.17) is 0 Å². The van der Waals surface area contributed by atoms with Gasteiger partial charge in [-0.15, -0.1) is 0 Å². The van der Waals surface area contributed by atoms with Gasteiger partial charge in [-0.25, -0.2) is 10.2 Å². The lowest BCUT2D eigenvalue weighted by Gasteiger charge is -2.09. The second-order valence-corrected chi connectivity index (χ2v) is 5.93. The van der Waals surface area contributed by atoms with E-state index in [1.54, 1.807) is 12.1 Å². The highest BCUT2D eigenvalue weighted by atomic mass is 16.3. The lowest BCUT2D eigenvalue weighted by atomic mass is 10.2. The van der Waals surface area contributed by atoms with Crippen molar-refractivity contribution in [2.24, 2.45) is 5.10 Å². The Balaban J connectivity index is 2.16. The van der Waals surface area contributed by atoms with Crippen LogP contribution in [0.3, 0.4) is 0 Å². The number of rotatable bonds is 8. The maximum Gasteiger partial charge on any atom is 0.331 e. The highest BCUT2D eigenvalue weighted by molar-refractivity contribution is 5.97. The third-order valence-corrected chi connectivity index (χ3v) is 3.95. The number of hydrazone groups is 1. The quantitative estimate of drug-likeness (QED) is 0.313. The number of para-hydroxylation sites is 1. The molecule has 0 aliphatic heterocycles. The smallest absolute Gasteiger partial charge is 0.331 e. The number of amides is 1. The fraction of sp³-hybridized carbons (Fsp3) is 0.333. The Morgan fingerprint density at radius 1 is 1.22 bits per heavy atom. The summed E-state index contributed by atoms with van der Waals surface area (Å²) < 4.78 is 1.06. The topological polar surface area (TPSA) is 137 Å². The van der Waals surface area contributed by atoms with Crippen molar-refractivity contribution in [3.05, 3.63) is 56.2 Å². The Morgan fingerprint density at radius 3 is 2.67 bits per heavy atom. The van der Waals surface area contributed by atoms with Crippen molar-refractivity contribution in [3.8, 4) is 11.6 Å². The van der Waals surface area contributed by atoms with Crippen LogP contribution in [0.1, 0.15) is 48.5 Å². The zero-order valence-electron chi connectivity index (χ0n) is 14.9. The molecule has 0 aliphatic carbocycles. The number of benzene rings is 1. The Bertz CT molecular complexity index is 945. The lowest BCUT2D eigenvalue weighted by molar-refractivity contribution is 0.0952. The molecule has 0 bridgehead atoms. The van der Waals surface area contributed by atoms with E-state index in [0.717, 1.165) is 30.0 Å². The van der Waals surface area contributed by atoms with Gasteiger partial charge in [0.25, 0.3) is 11.5 Å². The van der Waals surface area contributed by atoms with Crippen molar-refractivity contribution >= 4 is 12.1 Å². The number of carbonyl (C=O) groups is 1. The first-order valence-corrected chi connectivity index (χ1v) is 8.63. The fourth-order valence-electron chi connectivity index (χ4n) is 2.48. The van der Waals surface area contributed by atoms with Crippen molar-refractivity contribution < 1.29 is 15.0 Å². The predicted octanol–water partition coefficient (Wildman–Crippen LogP) is 1.29. The Kier molecular flexibility index (Phi) is 6.93. The van der Waals surface area contributed by atoms with E-state index in [1.165, 1.54) is 12.1 Å². The van der Waals surface area contributed by atoms with Gasteiger partial charge in [0.15, 0.2) is 0 Å². The van der Waals surface area contributed by atoms with E-state index in [2.05, 4.69) is 22.4 Å². The summed E-state index contributed by atoms with van der Waals surface area (Å²) in [5.41, 5.74) is 0.395. The number of phenolic OH excluding ortho intramolecular Hbond substituents is 1. The summed E-state index contributed by atoms with van der Waals surface area (Å²) in [6.07, 6.45) is 4.55. The zero-order valence-corrected chi connectivity index (χ0v) is 14.9. The highest BCUT2D eigenvalue weighted by Crippen LogP contribution is 2.15. The fourth-order valence-corrected chi connectivity index (χ4v) is 2.48. The number of aromatic hydroxyl groups is 2. The molecule has 0 spiro atoms. The average Bonchev–Trinajstić information content (AvgIpc) is 2.63. The number of nitrogens with one attached hydrogen (secondary N) is 2. The minimum atomic E-state index is -0.817. The minimum Gasteiger partial charge on any atom is -0.507 e. The SMILES string of the molecule is CCCCCCn1c(O)c(/C=N/NC(=O)c2ccccc2O)c(=O)[nH]c1=O. The van der Waals surface area contributed by atoms with Gasteiger partial charge >= 0.3 is 5.69 Å². The van der Waals surface area contributed by atoms with Gasteiger partial charge in [-0.1, -0.05) is 38.3 Å². The molecule has 2 aromatic rings. The molecule has 0 radical (unpaired) electrons. The number of aromatic amines is 1. The van der Waals surface area contributed by atoms with Crippen molar-refractivity contribution in [1.29, 1.82) is 0 Å². The van der Waals surface area contributed by atoms with Crippen LogP contribution in [0.5, 0.6) is 11.6 Å². The third-order valence-electron chi connectivity index (χ3n) is 3.95. The van der Waals surface area contributed by atoms with E-state index in [-0.39, 0.29) is 23.4 Å². The number of hydrogen-bond acceptors (Lipinski definition) is 6. The summed E-state index contributed by atoms with van der Waals surface area (Å²) >= 11 is 0. The molecule has 1 aromatic carbocycles. The van der Waals surface area contributed by atoms with Crippen LogP contribution in [0.2, 0.25) is 0 Å². The summed E-state index contributed by atoms with van der Waals surface area (Å²) in [5, 5.41) is 23.5. The molecule has 0 unspecified atom stereocenters. The number of aromatic nitrogens is 2. The largest absolute Gasteiger partial charge is 0.507 e. The van der Waals surface area contributed by atoms with Crippen LogP contribution in [-0.2, 0) is 6.54 Å². The molecule has 0 atom stereocenters. The van der Waals surface area contributed by atoms with E-state index in [1.807, 2.05) is 0 Å². The number of phenols is 1. The second-order valence-electron chi connectivity index (χ2n) is 5.93. The first-order chi connectivity index (χ1) is 13.0. The van der Waals surface area contributed by atoms with Crippen molar-refractivity contribution in [2.75, 3.05) is 0 Å². The lowest BCUT2D eigenvalue weighted by Crippen LogP contribution is -2.32. The molecule has 1 amide bonds. The summed E-state index contributed by atoms with van der Waals surface area (Å²) in [7, 11) is 0. The standard InChI is InChI=1S/C18H22N4O5/c1-2-3-4-7-10-22-17(26)13(15(24)20-18(22)27)11-19-21-16(25)12-8-5-6-9-14(12)23/h5-6,8-9,11,23,26H,2-4,7,10H2,1H3,(H,21,25)(H,20,24,27)/b19-11+. The van der Waals surface area contributed by atoms with Gasteiger partial charge in [-0.3, -0.25) is 19.1 Å². The Morgan fingerprint density at radius 2 is 1.96 bits per heavy atom. The molecule has 1 heterocycles. The molecular weight excluding hydrogens is 352 g/mol. The Labute approximate surface area is 155 Å². The monoisotopic (exact) mass is 374 g/mol. The molecule has 4 N–H and O–H groups in total. The predicted molar refractivity (Wildman–Crippen MR) is 100 cm³/mol. The van der Waals surface area contributed by atoms with Crippen LogP contribution in [0.4, 0.5) is 0 Å². The van der Waals surface area contributed by atoms with Gasteiger partial charge in [0.2, 0.25) is 5.88 Å². The maximum absolute atomic E-state index is 12.0. The summed E-state index contributed by atoms with van der Waals surface area (Å²) in [5.74, 6) is -1.42. The van der Waals surface area contributed by atoms with Gasteiger partial charge in [-0.05, 0) is 18.6 Å². The van der Waals surface area contributed by atoms with Gasteiger partial charge in [0.1, 0.15) is 11.3 Å². The van der Waals surface area contributed by atoms with E-state index in [0.29, 0.717) is 6.42 Å². The van der Waals surface area contributed by atoms with Gasteiger partial charge in [-0.2, -0.15) is 5.10 Å². The molecule has 0 fully saturated rings. The van der Waals surface area contributed by atoms with Crippen LogP contribution in [0.15, 0.2) is 39.0 Å². The van der Waals surface area contributed by atoms with Crippen molar-refractivity contribution in [2.45, 2.75) is 39.2 Å². The first-order valence-electron chi connectivity index (χ1n) is 8.63. The summed E-state index contributed by atoms with van der Waals surface area (Å²) in [4.78, 5) is 37.9. The second kappa shape index (κ2) is 9.37. The van der Waals surface area contributed by atoms with E-state index in [9.17, 15) is 24.6 Å². The molecule has 1 aromatic heterocycles. The summed E-state index contributed by atoms with van der Waals surface area (Å²) in [6.45, 7) is 2.31. The van der Waals surface area contributed by atoms with Gasteiger partial charge in [0, 0.05) is 6.54 Å². The molecule has 144 valence electrons. The Hall–Kier alpha value is -3.36. The summed E-state index contributed by atoms with van der Waals surface area (Å²) in [6, 6.07) is 5.89. The van der Waals surface area contributed by atoms with Crippen molar-refractivity contribution in [1.82, 2.24) is 15.0 Å². The molecule has 0 aliphatic rings. The average molecular weight is 374 g/mol. The minimum absolute atomic E-state index is 0.00803. The van der Waals surface area contributed by atoms with Crippen LogP contribution in [0.25, 0.3) is 0 Å².